The molecule has 1 saturated carbocycles. The van der Waals surface area contributed by atoms with Gasteiger partial charge in [-0.2, -0.15) is 0 Å². The molecule has 1 fully saturated rings. The van der Waals surface area contributed by atoms with Gasteiger partial charge >= 0.3 is 5.97 Å². The van der Waals surface area contributed by atoms with Crippen molar-refractivity contribution in [2.45, 2.75) is 71.9 Å². The Labute approximate surface area is 105 Å². The summed E-state index contributed by atoms with van der Waals surface area (Å²) in [5.41, 5.74) is 0.304. The van der Waals surface area contributed by atoms with Crippen molar-refractivity contribution in [3.63, 3.8) is 0 Å². The second kappa shape index (κ2) is 6.39. The van der Waals surface area contributed by atoms with Gasteiger partial charge in [0.1, 0.15) is 6.04 Å². The van der Waals surface area contributed by atoms with Gasteiger partial charge in [-0.15, -0.1) is 0 Å². The Morgan fingerprint density at radius 3 is 2.65 bits per heavy atom. The predicted octanol–water partition coefficient (Wildman–Crippen LogP) is 2.89. The van der Waals surface area contributed by atoms with Crippen LogP contribution in [0.2, 0.25) is 0 Å². The third-order valence-electron chi connectivity index (χ3n) is 3.81. The van der Waals surface area contributed by atoms with Crippen molar-refractivity contribution in [1.82, 2.24) is 5.32 Å². The number of carbonyl (C=O) groups is 1. The summed E-state index contributed by atoms with van der Waals surface area (Å²) in [6.07, 6.45) is 5.54. The maximum Gasteiger partial charge on any atom is 0.323 e. The second-order valence-electron chi connectivity index (χ2n) is 5.69. The van der Waals surface area contributed by atoms with Crippen LogP contribution in [0.25, 0.3) is 0 Å². The highest BCUT2D eigenvalue weighted by molar-refractivity contribution is 5.75. The molecule has 0 saturated heterocycles. The van der Waals surface area contributed by atoms with Crippen LogP contribution in [0.5, 0.6) is 0 Å². The number of hydrogen-bond donors (Lipinski definition) is 1. The molecule has 2 unspecified atom stereocenters. The third kappa shape index (κ3) is 3.98. The molecule has 0 amide bonds. The lowest BCUT2D eigenvalue weighted by molar-refractivity contribution is -0.146. The topological polar surface area (TPSA) is 38.3 Å². The van der Waals surface area contributed by atoms with Crippen molar-refractivity contribution < 1.29 is 9.53 Å². The van der Waals surface area contributed by atoms with Crippen molar-refractivity contribution in [2.24, 2.45) is 5.41 Å². The van der Waals surface area contributed by atoms with Crippen molar-refractivity contribution in [3.8, 4) is 0 Å². The molecule has 1 aliphatic rings. The van der Waals surface area contributed by atoms with Crippen LogP contribution in [0.1, 0.15) is 59.8 Å². The number of esters is 1. The fourth-order valence-electron chi connectivity index (χ4n) is 2.68. The summed E-state index contributed by atoms with van der Waals surface area (Å²) in [5, 5.41) is 3.52. The zero-order valence-electron chi connectivity index (χ0n) is 11.7. The average Bonchev–Trinajstić information content (AvgIpc) is 2.58. The van der Waals surface area contributed by atoms with Gasteiger partial charge in [0.15, 0.2) is 0 Å². The Kier molecular flexibility index (Phi) is 5.44. The Morgan fingerprint density at radius 2 is 2.18 bits per heavy atom. The molecule has 0 aromatic heterocycles. The zero-order chi connectivity index (χ0) is 12.9. The molecule has 100 valence electrons. The summed E-state index contributed by atoms with van der Waals surface area (Å²) < 4.78 is 5.13. The van der Waals surface area contributed by atoms with Crippen LogP contribution in [-0.2, 0) is 9.53 Å². The van der Waals surface area contributed by atoms with Crippen LogP contribution >= 0.6 is 0 Å². The van der Waals surface area contributed by atoms with Crippen LogP contribution in [0.3, 0.4) is 0 Å². The first-order chi connectivity index (χ1) is 8.01. The van der Waals surface area contributed by atoms with Gasteiger partial charge in [0.25, 0.3) is 0 Å². The zero-order valence-corrected chi connectivity index (χ0v) is 11.7. The molecule has 0 heterocycles. The molecule has 2 atom stereocenters. The van der Waals surface area contributed by atoms with Gasteiger partial charge in [-0.1, -0.05) is 33.6 Å². The van der Waals surface area contributed by atoms with Gasteiger partial charge in [0.2, 0.25) is 0 Å². The van der Waals surface area contributed by atoms with E-state index in [1.807, 2.05) is 6.92 Å². The SMILES string of the molecule is CCCC(NC1CCCC1(C)C)C(=O)OCC. The molecule has 0 aromatic carbocycles. The van der Waals surface area contributed by atoms with E-state index in [-0.39, 0.29) is 12.0 Å². The molecule has 17 heavy (non-hydrogen) atoms. The lowest BCUT2D eigenvalue weighted by Crippen LogP contribution is -2.48. The summed E-state index contributed by atoms with van der Waals surface area (Å²) in [7, 11) is 0. The van der Waals surface area contributed by atoms with E-state index < -0.39 is 0 Å². The van der Waals surface area contributed by atoms with Crippen molar-refractivity contribution in [3.05, 3.63) is 0 Å². The normalized spacial score (nSPS) is 24.6. The quantitative estimate of drug-likeness (QED) is 0.727. The molecule has 3 heteroatoms. The number of nitrogens with one attached hydrogen (secondary N) is 1. The van der Waals surface area contributed by atoms with E-state index in [1.165, 1.54) is 19.3 Å². The first-order valence-corrected chi connectivity index (χ1v) is 6.94. The summed E-state index contributed by atoms with van der Waals surface area (Å²) in [6.45, 7) is 9.00. The standard InChI is InChI=1S/C14H27NO2/c1-5-8-11(13(16)17-6-2)15-12-9-7-10-14(12,3)4/h11-12,15H,5-10H2,1-4H3. The lowest BCUT2D eigenvalue weighted by Gasteiger charge is -2.31. The highest BCUT2D eigenvalue weighted by Crippen LogP contribution is 2.37. The van der Waals surface area contributed by atoms with Crippen molar-refractivity contribution in [2.75, 3.05) is 6.61 Å². The van der Waals surface area contributed by atoms with Crippen LogP contribution in [0.15, 0.2) is 0 Å². The van der Waals surface area contributed by atoms with Crippen LogP contribution < -0.4 is 5.32 Å². The summed E-state index contributed by atoms with van der Waals surface area (Å²) >= 11 is 0. The summed E-state index contributed by atoms with van der Waals surface area (Å²) in [6, 6.07) is 0.325. The number of ether oxygens (including phenoxy) is 1. The van der Waals surface area contributed by atoms with Crippen LogP contribution in [0.4, 0.5) is 0 Å². The molecule has 3 nitrogen and oxygen atoms in total. The molecule has 0 radical (unpaired) electrons. The molecule has 0 spiro atoms. The average molecular weight is 241 g/mol. The second-order valence-corrected chi connectivity index (χ2v) is 5.69. The molecule has 1 N–H and O–H groups in total. The Morgan fingerprint density at radius 1 is 1.47 bits per heavy atom. The molecule has 0 bridgehead atoms. The fraction of sp³-hybridized carbons (Fsp3) is 0.929. The van der Waals surface area contributed by atoms with Gasteiger partial charge in [-0.3, -0.25) is 4.79 Å². The first kappa shape index (κ1) is 14.5. The molecular weight excluding hydrogens is 214 g/mol. The Bertz CT molecular complexity index is 251. The number of hydrogen-bond acceptors (Lipinski definition) is 3. The van der Waals surface area contributed by atoms with Crippen molar-refractivity contribution >= 4 is 5.97 Å². The molecule has 0 aliphatic heterocycles. The fourth-order valence-corrected chi connectivity index (χ4v) is 2.68. The molecule has 1 aliphatic carbocycles. The third-order valence-corrected chi connectivity index (χ3v) is 3.81. The van der Waals surface area contributed by atoms with E-state index in [2.05, 4.69) is 26.1 Å². The van der Waals surface area contributed by atoms with E-state index in [9.17, 15) is 4.79 Å². The van der Waals surface area contributed by atoms with E-state index in [0.29, 0.717) is 18.1 Å². The monoisotopic (exact) mass is 241 g/mol. The van der Waals surface area contributed by atoms with Gasteiger partial charge < -0.3 is 10.1 Å². The largest absolute Gasteiger partial charge is 0.465 e. The van der Waals surface area contributed by atoms with Crippen LogP contribution in [0, 0.1) is 5.41 Å². The van der Waals surface area contributed by atoms with E-state index >= 15 is 0 Å². The maximum absolute atomic E-state index is 11.8. The highest BCUT2D eigenvalue weighted by Gasteiger charge is 2.36. The minimum atomic E-state index is -0.123. The van der Waals surface area contributed by atoms with E-state index in [4.69, 9.17) is 4.74 Å². The molecule has 1 rings (SSSR count). The Balaban J connectivity index is 2.57. The maximum atomic E-state index is 11.8. The minimum absolute atomic E-state index is 0.0861. The molecule has 0 aromatic rings. The number of rotatable bonds is 6. The minimum Gasteiger partial charge on any atom is -0.465 e. The summed E-state index contributed by atoms with van der Waals surface area (Å²) in [5.74, 6) is -0.0861. The van der Waals surface area contributed by atoms with Crippen molar-refractivity contribution in [1.29, 1.82) is 0 Å². The van der Waals surface area contributed by atoms with Crippen LogP contribution in [-0.4, -0.2) is 24.7 Å². The van der Waals surface area contributed by atoms with Gasteiger partial charge in [-0.25, -0.2) is 0 Å². The van der Waals surface area contributed by atoms with Gasteiger partial charge in [0, 0.05) is 6.04 Å². The summed E-state index contributed by atoms with van der Waals surface area (Å²) in [4.78, 5) is 11.8. The molecular formula is C14H27NO2. The highest BCUT2D eigenvalue weighted by atomic mass is 16.5. The Hall–Kier alpha value is -0.570. The predicted molar refractivity (Wildman–Crippen MR) is 69.9 cm³/mol. The van der Waals surface area contributed by atoms with E-state index in [0.717, 1.165) is 12.8 Å². The number of carbonyl (C=O) groups excluding carboxylic acids is 1. The van der Waals surface area contributed by atoms with Gasteiger partial charge in [-0.05, 0) is 31.6 Å². The van der Waals surface area contributed by atoms with Gasteiger partial charge in [0.05, 0.1) is 6.61 Å². The first-order valence-electron chi connectivity index (χ1n) is 6.94. The van der Waals surface area contributed by atoms with E-state index in [1.54, 1.807) is 0 Å². The lowest BCUT2D eigenvalue weighted by atomic mass is 9.87. The smallest absolute Gasteiger partial charge is 0.323 e.